The lowest BCUT2D eigenvalue weighted by molar-refractivity contribution is 0.628. The van der Waals surface area contributed by atoms with Gasteiger partial charge in [0, 0.05) is 5.69 Å². The number of hydrogen-bond acceptors (Lipinski definition) is 1. The molecule has 1 atom stereocenters. The number of halogens is 2. The summed E-state index contributed by atoms with van der Waals surface area (Å²) in [5.41, 5.74) is 4.04. The van der Waals surface area contributed by atoms with Crippen LogP contribution in [0.4, 0.5) is 10.1 Å². The summed E-state index contributed by atoms with van der Waals surface area (Å²) in [7, 11) is 0. The molecule has 0 spiro atoms. The van der Waals surface area contributed by atoms with Gasteiger partial charge in [-0.25, -0.2) is 4.39 Å². The summed E-state index contributed by atoms with van der Waals surface area (Å²) in [5.74, 6) is -0.460. The van der Waals surface area contributed by atoms with Crippen molar-refractivity contribution in [1.82, 2.24) is 5.32 Å². The number of hydrogen-bond donors (Lipinski definition) is 2. The van der Waals surface area contributed by atoms with Gasteiger partial charge in [0.1, 0.15) is 5.82 Å². The van der Waals surface area contributed by atoms with Crippen molar-refractivity contribution < 1.29 is 4.39 Å². The van der Waals surface area contributed by atoms with Crippen LogP contribution < -0.4 is 10.6 Å². The molecule has 0 bridgehead atoms. The number of rotatable bonds is 4. The molecular formula is C21H18ClFN2S. The summed E-state index contributed by atoms with van der Waals surface area (Å²) < 4.78 is 13.3. The van der Waals surface area contributed by atoms with E-state index in [1.807, 2.05) is 30.3 Å². The van der Waals surface area contributed by atoms with Gasteiger partial charge in [-0.3, -0.25) is 0 Å². The molecule has 0 aliphatic rings. The van der Waals surface area contributed by atoms with E-state index in [4.69, 9.17) is 23.8 Å². The van der Waals surface area contributed by atoms with Crippen LogP contribution >= 0.6 is 23.8 Å². The van der Waals surface area contributed by atoms with Crippen LogP contribution in [0.5, 0.6) is 0 Å². The van der Waals surface area contributed by atoms with E-state index in [0.717, 1.165) is 11.1 Å². The molecule has 0 saturated carbocycles. The lowest BCUT2D eigenvalue weighted by Crippen LogP contribution is -2.33. The first-order valence-corrected chi connectivity index (χ1v) is 8.96. The summed E-state index contributed by atoms with van der Waals surface area (Å²) in [6, 6.07) is 22.6. The van der Waals surface area contributed by atoms with Crippen LogP contribution in [0.1, 0.15) is 22.7 Å². The summed E-state index contributed by atoms with van der Waals surface area (Å²) >= 11 is 11.3. The van der Waals surface area contributed by atoms with Crippen LogP contribution in [0, 0.1) is 12.7 Å². The molecule has 1 unspecified atom stereocenters. The van der Waals surface area contributed by atoms with Crippen molar-refractivity contribution in [2.24, 2.45) is 0 Å². The Morgan fingerprint density at radius 3 is 2.38 bits per heavy atom. The zero-order valence-corrected chi connectivity index (χ0v) is 15.7. The molecule has 3 rings (SSSR count). The predicted molar refractivity (Wildman–Crippen MR) is 110 cm³/mol. The maximum Gasteiger partial charge on any atom is 0.171 e. The molecule has 2 N–H and O–H groups in total. The van der Waals surface area contributed by atoms with Gasteiger partial charge in [-0.15, -0.1) is 0 Å². The van der Waals surface area contributed by atoms with E-state index in [0.29, 0.717) is 10.8 Å². The predicted octanol–water partition coefficient (Wildman–Crippen LogP) is 5.86. The van der Waals surface area contributed by atoms with E-state index in [9.17, 15) is 4.39 Å². The first-order valence-electron chi connectivity index (χ1n) is 8.17. The second-order valence-electron chi connectivity index (χ2n) is 5.93. The lowest BCUT2D eigenvalue weighted by Gasteiger charge is -2.23. The van der Waals surface area contributed by atoms with Crippen molar-refractivity contribution in [3.8, 4) is 0 Å². The fraction of sp³-hybridized carbons (Fsp3) is 0.0952. The van der Waals surface area contributed by atoms with Crippen molar-refractivity contribution in [1.29, 1.82) is 0 Å². The molecule has 0 aliphatic carbocycles. The highest BCUT2D eigenvalue weighted by atomic mass is 35.5. The van der Waals surface area contributed by atoms with Crippen LogP contribution in [0.25, 0.3) is 0 Å². The van der Waals surface area contributed by atoms with E-state index < -0.39 is 5.82 Å². The van der Waals surface area contributed by atoms with E-state index in [1.54, 1.807) is 6.07 Å². The average Bonchev–Trinajstić information content (AvgIpc) is 2.64. The van der Waals surface area contributed by atoms with Gasteiger partial charge in [0.2, 0.25) is 0 Å². The molecule has 0 aromatic heterocycles. The fourth-order valence-corrected chi connectivity index (χ4v) is 3.19. The monoisotopic (exact) mass is 384 g/mol. The summed E-state index contributed by atoms with van der Waals surface area (Å²) in [4.78, 5) is 0. The second-order valence-corrected chi connectivity index (χ2v) is 6.74. The third kappa shape index (κ3) is 4.40. The Balaban J connectivity index is 1.85. The zero-order valence-electron chi connectivity index (χ0n) is 14.2. The van der Waals surface area contributed by atoms with Gasteiger partial charge < -0.3 is 10.6 Å². The second kappa shape index (κ2) is 8.30. The largest absolute Gasteiger partial charge is 0.352 e. The molecule has 0 amide bonds. The average molecular weight is 385 g/mol. The molecule has 3 aromatic rings. The van der Waals surface area contributed by atoms with Gasteiger partial charge in [-0.1, -0.05) is 66.2 Å². The van der Waals surface area contributed by atoms with Gasteiger partial charge >= 0.3 is 0 Å². The van der Waals surface area contributed by atoms with Gasteiger partial charge in [0.05, 0.1) is 11.1 Å². The Morgan fingerprint density at radius 2 is 1.69 bits per heavy atom. The van der Waals surface area contributed by atoms with Crippen LogP contribution in [0.15, 0.2) is 72.8 Å². The van der Waals surface area contributed by atoms with E-state index in [2.05, 4.69) is 41.8 Å². The van der Waals surface area contributed by atoms with Crippen molar-refractivity contribution in [2.45, 2.75) is 13.0 Å². The van der Waals surface area contributed by atoms with E-state index in [1.165, 1.54) is 17.7 Å². The Labute approximate surface area is 163 Å². The van der Waals surface area contributed by atoms with Crippen molar-refractivity contribution in [3.05, 3.63) is 100 Å². The third-order valence-electron chi connectivity index (χ3n) is 4.09. The third-order valence-corrected chi connectivity index (χ3v) is 4.59. The Hall–Kier alpha value is -2.43. The molecule has 132 valence electrons. The van der Waals surface area contributed by atoms with Gasteiger partial charge in [-0.05, 0) is 54.0 Å². The normalized spacial score (nSPS) is 11.7. The Morgan fingerprint density at radius 1 is 1.00 bits per heavy atom. The van der Waals surface area contributed by atoms with Crippen LogP contribution in [0.2, 0.25) is 5.02 Å². The molecule has 3 aromatic carbocycles. The molecule has 0 radical (unpaired) electrons. The smallest absolute Gasteiger partial charge is 0.171 e. The van der Waals surface area contributed by atoms with Gasteiger partial charge in [-0.2, -0.15) is 0 Å². The van der Waals surface area contributed by atoms with Gasteiger partial charge in [0.25, 0.3) is 0 Å². The van der Waals surface area contributed by atoms with Gasteiger partial charge in [0.15, 0.2) is 5.11 Å². The molecule has 2 nitrogen and oxygen atoms in total. The first kappa shape index (κ1) is 18.4. The number of anilines is 1. The minimum atomic E-state index is -0.460. The summed E-state index contributed by atoms with van der Waals surface area (Å²) in [5, 5.41) is 6.91. The highest BCUT2D eigenvalue weighted by Gasteiger charge is 2.17. The van der Waals surface area contributed by atoms with Crippen LogP contribution in [0.3, 0.4) is 0 Å². The molecule has 0 fully saturated rings. The van der Waals surface area contributed by atoms with Crippen molar-refractivity contribution >= 4 is 34.6 Å². The first-order chi connectivity index (χ1) is 12.5. The number of aryl methyl sites for hydroxylation is 1. The standard InChI is InChI=1S/C21H18ClFN2S/c1-14-7-5-6-10-17(14)20(15-8-3-2-4-9-15)25-21(26)24-16-11-12-19(23)18(22)13-16/h2-13,20H,1H3,(H2,24,25,26). The van der Waals surface area contributed by atoms with Crippen LogP contribution in [-0.2, 0) is 0 Å². The quantitative estimate of drug-likeness (QED) is 0.550. The maximum atomic E-state index is 13.3. The lowest BCUT2D eigenvalue weighted by atomic mass is 9.95. The number of thiocarbonyl (C=S) groups is 1. The summed E-state index contributed by atoms with van der Waals surface area (Å²) in [6.45, 7) is 2.07. The molecule has 0 aliphatic heterocycles. The highest BCUT2D eigenvalue weighted by Crippen LogP contribution is 2.25. The Kier molecular flexibility index (Phi) is 5.86. The molecular weight excluding hydrogens is 367 g/mol. The molecule has 0 saturated heterocycles. The van der Waals surface area contributed by atoms with Crippen molar-refractivity contribution in [2.75, 3.05) is 5.32 Å². The number of benzene rings is 3. The Bertz CT molecular complexity index is 915. The SMILES string of the molecule is Cc1ccccc1C(NC(=S)Nc1ccc(F)c(Cl)c1)c1ccccc1. The minimum Gasteiger partial charge on any atom is -0.352 e. The molecule has 5 heteroatoms. The van der Waals surface area contributed by atoms with Crippen molar-refractivity contribution in [3.63, 3.8) is 0 Å². The maximum absolute atomic E-state index is 13.3. The highest BCUT2D eigenvalue weighted by molar-refractivity contribution is 7.80. The molecule has 26 heavy (non-hydrogen) atoms. The number of nitrogens with one attached hydrogen (secondary N) is 2. The van der Waals surface area contributed by atoms with E-state index >= 15 is 0 Å². The fourth-order valence-electron chi connectivity index (χ4n) is 2.77. The summed E-state index contributed by atoms with van der Waals surface area (Å²) in [6.07, 6.45) is 0. The van der Waals surface area contributed by atoms with Crippen LogP contribution in [-0.4, -0.2) is 5.11 Å². The minimum absolute atomic E-state index is 0.0521. The zero-order chi connectivity index (χ0) is 18.5. The molecule has 0 heterocycles. The van der Waals surface area contributed by atoms with E-state index in [-0.39, 0.29) is 11.1 Å². The topological polar surface area (TPSA) is 24.1 Å².